The minimum absolute atomic E-state index is 0.143. The Morgan fingerprint density at radius 2 is 2.07 bits per heavy atom. The number of pyridine rings is 1. The standard InChI is InChI=1S/C10H7ClN4/c11-5-1-2-8-6(3-5)9(13)7(4-12)10(14)15-8/h1-3H,(H4,13,14,15). The molecule has 0 saturated heterocycles. The van der Waals surface area contributed by atoms with Crippen molar-refractivity contribution in [1.82, 2.24) is 4.98 Å². The zero-order valence-corrected chi connectivity index (χ0v) is 8.42. The predicted molar refractivity (Wildman–Crippen MR) is 60.3 cm³/mol. The van der Waals surface area contributed by atoms with Crippen LogP contribution in [0.5, 0.6) is 0 Å². The van der Waals surface area contributed by atoms with E-state index in [-0.39, 0.29) is 11.4 Å². The summed E-state index contributed by atoms with van der Waals surface area (Å²) in [6, 6.07) is 7.00. The van der Waals surface area contributed by atoms with E-state index in [9.17, 15) is 0 Å². The molecule has 0 atom stereocenters. The van der Waals surface area contributed by atoms with Gasteiger partial charge in [-0.05, 0) is 18.2 Å². The fourth-order valence-corrected chi connectivity index (χ4v) is 1.57. The van der Waals surface area contributed by atoms with E-state index in [2.05, 4.69) is 4.98 Å². The highest BCUT2D eigenvalue weighted by molar-refractivity contribution is 6.31. The number of hydrogen-bond donors (Lipinski definition) is 2. The number of nitrogen functional groups attached to an aromatic ring is 2. The summed E-state index contributed by atoms with van der Waals surface area (Å²) < 4.78 is 0. The molecule has 0 amide bonds. The molecule has 74 valence electrons. The van der Waals surface area contributed by atoms with Crippen LogP contribution >= 0.6 is 11.6 Å². The number of fused-ring (bicyclic) bond motifs is 1. The Kier molecular flexibility index (Phi) is 2.10. The van der Waals surface area contributed by atoms with Crippen LogP contribution < -0.4 is 11.5 Å². The van der Waals surface area contributed by atoms with Gasteiger partial charge in [-0.1, -0.05) is 11.6 Å². The lowest BCUT2D eigenvalue weighted by Gasteiger charge is -2.06. The topological polar surface area (TPSA) is 88.7 Å². The van der Waals surface area contributed by atoms with Crippen LogP contribution in [0.2, 0.25) is 5.02 Å². The third kappa shape index (κ3) is 1.43. The van der Waals surface area contributed by atoms with E-state index in [0.29, 0.717) is 21.6 Å². The van der Waals surface area contributed by atoms with Crippen molar-refractivity contribution >= 4 is 34.0 Å². The van der Waals surface area contributed by atoms with Gasteiger partial charge in [-0.2, -0.15) is 5.26 Å². The van der Waals surface area contributed by atoms with E-state index in [1.54, 1.807) is 18.2 Å². The average molecular weight is 219 g/mol. The van der Waals surface area contributed by atoms with Gasteiger partial charge >= 0.3 is 0 Å². The number of nitrogens with two attached hydrogens (primary N) is 2. The Morgan fingerprint density at radius 1 is 1.33 bits per heavy atom. The lowest BCUT2D eigenvalue weighted by Crippen LogP contribution is -2.01. The van der Waals surface area contributed by atoms with Crippen LogP contribution in [0, 0.1) is 11.3 Å². The molecule has 0 radical (unpaired) electrons. The highest BCUT2D eigenvalue weighted by atomic mass is 35.5. The first kappa shape index (κ1) is 9.56. The summed E-state index contributed by atoms with van der Waals surface area (Å²) in [4.78, 5) is 4.07. The van der Waals surface area contributed by atoms with Crippen LogP contribution in [-0.4, -0.2) is 4.98 Å². The van der Waals surface area contributed by atoms with Crippen molar-refractivity contribution < 1.29 is 0 Å². The van der Waals surface area contributed by atoms with Crippen molar-refractivity contribution in [2.45, 2.75) is 0 Å². The Balaban J connectivity index is 2.94. The van der Waals surface area contributed by atoms with E-state index in [1.165, 1.54) is 0 Å². The molecule has 0 aliphatic carbocycles. The molecule has 0 bridgehead atoms. The molecule has 15 heavy (non-hydrogen) atoms. The molecule has 2 aromatic rings. The third-order valence-corrected chi connectivity index (χ3v) is 2.36. The van der Waals surface area contributed by atoms with Crippen LogP contribution in [0.15, 0.2) is 18.2 Å². The molecule has 5 heteroatoms. The van der Waals surface area contributed by atoms with Gasteiger partial charge in [-0.3, -0.25) is 0 Å². The number of benzene rings is 1. The largest absolute Gasteiger partial charge is 0.397 e. The van der Waals surface area contributed by atoms with Crippen molar-refractivity contribution in [2.75, 3.05) is 11.5 Å². The SMILES string of the molecule is N#Cc1c(N)nc2ccc(Cl)cc2c1N. The second kappa shape index (κ2) is 3.30. The first-order valence-corrected chi connectivity index (χ1v) is 4.55. The Bertz CT molecular complexity index is 586. The number of halogens is 1. The summed E-state index contributed by atoms with van der Waals surface area (Å²) >= 11 is 5.83. The molecule has 1 aromatic carbocycles. The molecule has 0 fully saturated rings. The highest BCUT2D eigenvalue weighted by Gasteiger charge is 2.10. The van der Waals surface area contributed by atoms with Gasteiger partial charge in [0, 0.05) is 10.4 Å². The molecule has 4 N–H and O–H groups in total. The van der Waals surface area contributed by atoms with Crippen LogP contribution in [0.1, 0.15) is 5.56 Å². The molecule has 0 saturated carbocycles. The maximum Gasteiger partial charge on any atom is 0.144 e. The second-order valence-corrected chi connectivity index (χ2v) is 3.50. The third-order valence-electron chi connectivity index (χ3n) is 2.13. The van der Waals surface area contributed by atoms with Gasteiger partial charge < -0.3 is 11.5 Å². The molecule has 4 nitrogen and oxygen atoms in total. The van der Waals surface area contributed by atoms with Gasteiger partial charge in [0.15, 0.2) is 0 Å². The lowest BCUT2D eigenvalue weighted by atomic mass is 10.1. The fraction of sp³-hybridized carbons (Fsp3) is 0. The van der Waals surface area contributed by atoms with Crippen molar-refractivity contribution in [2.24, 2.45) is 0 Å². The summed E-state index contributed by atoms with van der Waals surface area (Å²) in [6.07, 6.45) is 0. The van der Waals surface area contributed by atoms with Crippen LogP contribution in [-0.2, 0) is 0 Å². The van der Waals surface area contributed by atoms with E-state index in [4.69, 9.17) is 28.3 Å². The zero-order valence-electron chi connectivity index (χ0n) is 7.66. The summed E-state index contributed by atoms with van der Waals surface area (Å²) in [5, 5.41) is 10.0. The van der Waals surface area contributed by atoms with Crippen molar-refractivity contribution in [3.8, 4) is 6.07 Å². The van der Waals surface area contributed by atoms with Crippen molar-refractivity contribution in [1.29, 1.82) is 5.26 Å². The molecule has 0 spiro atoms. The van der Waals surface area contributed by atoms with E-state index in [0.717, 1.165) is 0 Å². The molecule has 0 aliphatic rings. The Morgan fingerprint density at radius 3 is 2.73 bits per heavy atom. The van der Waals surface area contributed by atoms with Gasteiger partial charge in [-0.15, -0.1) is 0 Å². The second-order valence-electron chi connectivity index (χ2n) is 3.06. The van der Waals surface area contributed by atoms with Crippen LogP contribution in [0.4, 0.5) is 11.5 Å². The van der Waals surface area contributed by atoms with Gasteiger partial charge in [0.1, 0.15) is 17.5 Å². The predicted octanol–water partition coefficient (Wildman–Crippen LogP) is 1.92. The van der Waals surface area contributed by atoms with E-state index < -0.39 is 0 Å². The minimum atomic E-state index is 0.143. The highest BCUT2D eigenvalue weighted by Crippen LogP contribution is 2.28. The molecule has 1 heterocycles. The summed E-state index contributed by atoms with van der Waals surface area (Å²) in [5.74, 6) is 0.143. The van der Waals surface area contributed by atoms with Gasteiger partial charge in [0.25, 0.3) is 0 Å². The lowest BCUT2D eigenvalue weighted by molar-refractivity contribution is 1.38. The van der Waals surface area contributed by atoms with Crippen LogP contribution in [0.3, 0.4) is 0 Å². The molecule has 1 aromatic heterocycles. The van der Waals surface area contributed by atoms with E-state index >= 15 is 0 Å². The molecule has 0 unspecified atom stereocenters. The maximum absolute atomic E-state index is 8.85. The Hall–Kier alpha value is -1.99. The molecular weight excluding hydrogens is 212 g/mol. The number of rotatable bonds is 0. The molecular formula is C10H7ClN4. The zero-order chi connectivity index (χ0) is 11.0. The van der Waals surface area contributed by atoms with E-state index in [1.807, 2.05) is 6.07 Å². The Labute approximate surface area is 91.1 Å². The normalized spacial score (nSPS) is 10.1. The van der Waals surface area contributed by atoms with Crippen molar-refractivity contribution in [3.05, 3.63) is 28.8 Å². The number of nitrogens with zero attached hydrogens (tertiary/aromatic N) is 2. The van der Waals surface area contributed by atoms with Gasteiger partial charge in [-0.25, -0.2) is 4.98 Å². The van der Waals surface area contributed by atoms with Gasteiger partial charge in [0.05, 0.1) is 11.2 Å². The fourth-order valence-electron chi connectivity index (χ4n) is 1.40. The first-order chi connectivity index (χ1) is 7.13. The summed E-state index contributed by atoms with van der Waals surface area (Å²) in [6.45, 7) is 0. The average Bonchev–Trinajstić information content (AvgIpc) is 2.20. The number of aromatic nitrogens is 1. The maximum atomic E-state index is 8.85. The first-order valence-electron chi connectivity index (χ1n) is 4.18. The molecule has 2 rings (SSSR count). The minimum Gasteiger partial charge on any atom is -0.397 e. The molecule has 0 aliphatic heterocycles. The monoisotopic (exact) mass is 218 g/mol. The van der Waals surface area contributed by atoms with Crippen molar-refractivity contribution in [3.63, 3.8) is 0 Å². The summed E-state index contributed by atoms with van der Waals surface area (Å²) in [5.41, 5.74) is 12.5. The smallest absolute Gasteiger partial charge is 0.144 e. The van der Waals surface area contributed by atoms with Gasteiger partial charge in [0.2, 0.25) is 0 Å². The number of hydrogen-bond acceptors (Lipinski definition) is 4. The number of nitriles is 1. The quantitative estimate of drug-likeness (QED) is 0.707. The van der Waals surface area contributed by atoms with Crippen LogP contribution in [0.25, 0.3) is 10.9 Å². The summed E-state index contributed by atoms with van der Waals surface area (Å²) in [7, 11) is 0. The number of anilines is 2.